The lowest BCUT2D eigenvalue weighted by atomic mass is 9.99. The van der Waals surface area contributed by atoms with Gasteiger partial charge in [0.2, 0.25) is 0 Å². The smallest absolute Gasteiger partial charge is 0.0165 e. The summed E-state index contributed by atoms with van der Waals surface area (Å²) in [5, 5.41) is 0. The Labute approximate surface area is 88.5 Å². The fourth-order valence-corrected chi connectivity index (χ4v) is 1.96. The van der Waals surface area contributed by atoms with Gasteiger partial charge in [-0.2, -0.15) is 0 Å². The molecule has 0 heterocycles. The summed E-state index contributed by atoms with van der Waals surface area (Å²) in [6.07, 6.45) is 0. The Balaban J connectivity index is 3.21. The van der Waals surface area contributed by atoms with Crippen molar-refractivity contribution in [2.45, 2.75) is 33.6 Å². The van der Waals surface area contributed by atoms with Crippen molar-refractivity contribution in [2.24, 2.45) is 0 Å². The zero-order valence-corrected chi connectivity index (χ0v) is 10.3. The van der Waals surface area contributed by atoms with Crippen LogP contribution in [0.3, 0.4) is 0 Å². The summed E-state index contributed by atoms with van der Waals surface area (Å²) in [5.41, 5.74) is 4.27. The van der Waals surface area contributed by atoms with Crippen molar-refractivity contribution >= 4 is 22.6 Å². The van der Waals surface area contributed by atoms with Crippen molar-refractivity contribution in [3.63, 3.8) is 0 Å². The van der Waals surface area contributed by atoms with E-state index in [1.54, 1.807) is 0 Å². The number of benzene rings is 1. The first-order chi connectivity index (χ1) is 5.52. The monoisotopic (exact) mass is 274 g/mol. The van der Waals surface area contributed by atoms with Crippen LogP contribution in [0.1, 0.15) is 36.5 Å². The molecule has 66 valence electrons. The van der Waals surface area contributed by atoms with E-state index in [9.17, 15) is 0 Å². The number of rotatable bonds is 1. The highest BCUT2D eigenvalue weighted by Crippen LogP contribution is 2.22. The second kappa shape index (κ2) is 3.77. The molecule has 12 heavy (non-hydrogen) atoms. The third kappa shape index (κ3) is 2.00. The predicted molar refractivity (Wildman–Crippen MR) is 62.7 cm³/mol. The van der Waals surface area contributed by atoms with Crippen molar-refractivity contribution in [3.05, 3.63) is 32.4 Å². The highest BCUT2D eigenvalue weighted by molar-refractivity contribution is 14.1. The van der Waals surface area contributed by atoms with E-state index in [1.807, 2.05) is 0 Å². The van der Waals surface area contributed by atoms with Gasteiger partial charge < -0.3 is 0 Å². The predicted octanol–water partition coefficient (Wildman–Crippen LogP) is 4.03. The number of halogens is 1. The first-order valence-electron chi connectivity index (χ1n) is 4.29. The molecule has 0 spiro atoms. The van der Waals surface area contributed by atoms with Crippen LogP contribution in [0.5, 0.6) is 0 Å². The molecule has 0 bridgehead atoms. The standard InChI is InChI=1S/C11H15I/c1-7(2)10-5-8(3)9(4)11(12)6-10/h5-7H,1-4H3. The van der Waals surface area contributed by atoms with Crippen LogP contribution in [0.4, 0.5) is 0 Å². The molecule has 0 saturated heterocycles. The summed E-state index contributed by atoms with van der Waals surface area (Å²) in [6.45, 7) is 8.84. The van der Waals surface area contributed by atoms with Gasteiger partial charge in [0.1, 0.15) is 0 Å². The van der Waals surface area contributed by atoms with Gasteiger partial charge in [-0.05, 0) is 65.1 Å². The molecule has 0 N–H and O–H groups in total. The zero-order valence-electron chi connectivity index (χ0n) is 8.11. The fraction of sp³-hybridized carbons (Fsp3) is 0.455. The summed E-state index contributed by atoms with van der Waals surface area (Å²) >= 11 is 2.41. The van der Waals surface area contributed by atoms with Gasteiger partial charge in [0.25, 0.3) is 0 Å². The molecule has 0 aliphatic carbocycles. The Hall–Kier alpha value is -0.0500. The maximum atomic E-state index is 2.41. The zero-order chi connectivity index (χ0) is 9.30. The molecule has 0 amide bonds. The highest BCUT2D eigenvalue weighted by atomic mass is 127. The molecule has 1 rings (SSSR count). The molecule has 1 aromatic rings. The Morgan fingerprint density at radius 2 is 1.75 bits per heavy atom. The van der Waals surface area contributed by atoms with Crippen LogP contribution < -0.4 is 0 Å². The fourth-order valence-electron chi connectivity index (χ4n) is 1.18. The Morgan fingerprint density at radius 3 is 2.17 bits per heavy atom. The van der Waals surface area contributed by atoms with E-state index in [1.165, 1.54) is 20.3 Å². The maximum Gasteiger partial charge on any atom is 0.0165 e. The average Bonchev–Trinajstić information content (AvgIpc) is 1.99. The molecule has 0 aliphatic heterocycles. The normalized spacial score (nSPS) is 10.8. The van der Waals surface area contributed by atoms with Gasteiger partial charge in [-0.1, -0.05) is 19.9 Å². The molecule has 0 aromatic heterocycles. The molecule has 0 unspecified atom stereocenters. The quantitative estimate of drug-likeness (QED) is 0.678. The van der Waals surface area contributed by atoms with Crippen LogP contribution in [-0.2, 0) is 0 Å². The third-order valence-electron chi connectivity index (χ3n) is 2.29. The van der Waals surface area contributed by atoms with Crippen molar-refractivity contribution in [1.29, 1.82) is 0 Å². The molecular weight excluding hydrogens is 259 g/mol. The van der Waals surface area contributed by atoms with Crippen LogP contribution in [0.25, 0.3) is 0 Å². The van der Waals surface area contributed by atoms with Crippen LogP contribution >= 0.6 is 22.6 Å². The summed E-state index contributed by atoms with van der Waals surface area (Å²) < 4.78 is 1.39. The SMILES string of the molecule is Cc1cc(C(C)C)cc(I)c1C. The Bertz CT molecular complexity index is 264. The largest absolute Gasteiger partial charge is 0.0587 e. The maximum absolute atomic E-state index is 2.41. The van der Waals surface area contributed by atoms with Gasteiger partial charge in [-0.25, -0.2) is 0 Å². The summed E-state index contributed by atoms with van der Waals surface area (Å²) in [4.78, 5) is 0. The summed E-state index contributed by atoms with van der Waals surface area (Å²) in [7, 11) is 0. The van der Waals surface area contributed by atoms with Crippen molar-refractivity contribution in [3.8, 4) is 0 Å². The number of hydrogen-bond acceptors (Lipinski definition) is 0. The van der Waals surface area contributed by atoms with Crippen molar-refractivity contribution < 1.29 is 0 Å². The molecule has 0 atom stereocenters. The van der Waals surface area contributed by atoms with Gasteiger partial charge in [0, 0.05) is 3.57 Å². The van der Waals surface area contributed by atoms with E-state index in [0.717, 1.165) is 0 Å². The summed E-state index contributed by atoms with van der Waals surface area (Å²) in [5.74, 6) is 0.637. The number of hydrogen-bond donors (Lipinski definition) is 0. The van der Waals surface area contributed by atoms with Crippen molar-refractivity contribution in [1.82, 2.24) is 0 Å². The third-order valence-corrected chi connectivity index (χ3v) is 3.41. The average molecular weight is 274 g/mol. The molecule has 0 radical (unpaired) electrons. The van der Waals surface area contributed by atoms with Crippen LogP contribution in [0.15, 0.2) is 12.1 Å². The highest BCUT2D eigenvalue weighted by Gasteiger charge is 2.04. The minimum atomic E-state index is 0.637. The molecule has 1 heteroatoms. The first kappa shape index (κ1) is 10.0. The van der Waals surface area contributed by atoms with Gasteiger partial charge >= 0.3 is 0 Å². The minimum absolute atomic E-state index is 0.637. The van der Waals surface area contributed by atoms with E-state index in [4.69, 9.17) is 0 Å². The van der Waals surface area contributed by atoms with E-state index < -0.39 is 0 Å². The van der Waals surface area contributed by atoms with Crippen LogP contribution in [-0.4, -0.2) is 0 Å². The molecule has 0 saturated carbocycles. The van der Waals surface area contributed by atoms with E-state index in [-0.39, 0.29) is 0 Å². The second-order valence-electron chi connectivity index (χ2n) is 3.60. The van der Waals surface area contributed by atoms with Gasteiger partial charge in [0.15, 0.2) is 0 Å². The van der Waals surface area contributed by atoms with Gasteiger partial charge in [0.05, 0.1) is 0 Å². The topological polar surface area (TPSA) is 0 Å². The van der Waals surface area contributed by atoms with Crippen molar-refractivity contribution in [2.75, 3.05) is 0 Å². The number of aryl methyl sites for hydroxylation is 1. The first-order valence-corrected chi connectivity index (χ1v) is 5.37. The van der Waals surface area contributed by atoms with E-state index in [0.29, 0.717) is 5.92 Å². The van der Waals surface area contributed by atoms with E-state index >= 15 is 0 Å². The molecule has 0 aliphatic rings. The lowest BCUT2D eigenvalue weighted by molar-refractivity contribution is 0.862. The lowest BCUT2D eigenvalue weighted by Gasteiger charge is -2.10. The van der Waals surface area contributed by atoms with Crippen LogP contribution in [0.2, 0.25) is 0 Å². The molecule has 0 nitrogen and oxygen atoms in total. The summed E-state index contributed by atoms with van der Waals surface area (Å²) in [6, 6.07) is 4.58. The Morgan fingerprint density at radius 1 is 1.17 bits per heavy atom. The minimum Gasteiger partial charge on any atom is -0.0587 e. The van der Waals surface area contributed by atoms with E-state index in [2.05, 4.69) is 62.4 Å². The molecule has 0 fully saturated rings. The molecular formula is C11H15I. The lowest BCUT2D eigenvalue weighted by Crippen LogP contribution is -1.93. The van der Waals surface area contributed by atoms with Crippen LogP contribution in [0, 0.1) is 17.4 Å². The Kier molecular flexibility index (Phi) is 3.16. The van der Waals surface area contributed by atoms with Gasteiger partial charge in [-0.3, -0.25) is 0 Å². The molecule has 1 aromatic carbocycles. The van der Waals surface area contributed by atoms with Gasteiger partial charge in [-0.15, -0.1) is 0 Å². The second-order valence-corrected chi connectivity index (χ2v) is 4.76.